The van der Waals surface area contributed by atoms with Gasteiger partial charge in [0.1, 0.15) is 40.8 Å². The lowest BCUT2D eigenvalue weighted by atomic mass is 9.87. The third-order valence-electron chi connectivity index (χ3n) is 7.51. The SMILES string of the molecule is O=S(=O)=C(COCCC1(c2ccc3ncnc(Nc4ccc(OCc5cccc(F)c5)c(Br)c4)c3c2)CC=CO1)c1ccccn1. The van der Waals surface area contributed by atoms with Crippen molar-refractivity contribution in [1.29, 1.82) is 0 Å². The van der Waals surface area contributed by atoms with Gasteiger partial charge in [-0.15, -0.1) is 0 Å². The van der Waals surface area contributed by atoms with Gasteiger partial charge in [-0.25, -0.2) is 14.4 Å². The highest BCUT2D eigenvalue weighted by molar-refractivity contribution is 9.10. The van der Waals surface area contributed by atoms with Gasteiger partial charge in [0.05, 0.1) is 35.2 Å². The molecule has 0 spiro atoms. The van der Waals surface area contributed by atoms with Crippen molar-refractivity contribution >= 4 is 53.5 Å². The highest BCUT2D eigenvalue weighted by atomic mass is 79.9. The number of rotatable bonds is 12. The van der Waals surface area contributed by atoms with Crippen molar-refractivity contribution in [3.63, 3.8) is 0 Å². The van der Waals surface area contributed by atoms with Gasteiger partial charge in [-0.2, -0.15) is 8.42 Å². The van der Waals surface area contributed by atoms with E-state index in [2.05, 4.69) is 36.2 Å². The summed E-state index contributed by atoms with van der Waals surface area (Å²) in [6.07, 6.45) is 7.78. The number of nitrogens with zero attached hydrogens (tertiary/aromatic N) is 3. The molecular formula is C34H28BrFN4O5S. The van der Waals surface area contributed by atoms with Gasteiger partial charge in [-0.3, -0.25) is 4.98 Å². The highest BCUT2D eigenvalue weighted by Crippen LogP contribution is 2.40. The summed E-state index contributed by atoms with van der Waals surface area (Å²) in [5.74, 6) is 0.918. The van der Waals surface area contributed by atoms with Crippen molar-refractivity contribution in [3.8, 4) is 5.75 Å². The molecule has 5 aromatic rings. The van der Waals surface area contributed by atoms with Gasteiger partial charge in [-0.05, 0) is 87.7 Å². The van der Waals surface area contributed by atoms with Crippen molar-refractivity contribution in [1.82, 2.24) is 15.0 Å². The average molecular weight is 704 g/mol. The lowest BCUT2D eigenvalue weighted by molar-refractivity contribution is 0.00610. The lowest BCUT2D eigenvalue weighted by Gasteiger charge is -2.29. The van der Waals surface area contributed by atoms with Crippen LogP contribution >= 0.6 is 15.9 Å². The summed E-state index contributed by atoms with van der Waals surface area (Å²) in [4.78, 5) is 13.2. The van der Waals surface area contributed by atoms with Gasteiger partial charge in [0, 0.05) is 30.1 Å². The molecule has 1 atom stereocenters. The zero-order valence-corrected chi connectivity index (χ0v) is 26.8. The smallest absolute Gasteiger partial charge is 0.221 e. The first-order valence-corrected chi connectivity index (χ1v) is 16.2. The Balaban J connectivity index is 1.17. The number of aromatic nitrogens is 3. The van der Waals surface area contributed by atoms with Crippen LogP contribution in [0.2, 0.25) is 0 Å². The highest BCUT2D eigenvalue weighted by Gasteiger charge is 2.35. The molecule has 0 amide bonds. The number of pyridine rings is 1. The molecule has 9 nitrogen and oxygen atoms in total. The molecule has 46 heavy (non-hydrogen) atoms. The lowest BCUT2D eigenvalue weighted by Crippen LogP contribution is -2.27. The van der Waals surface area contributed by atoms with E-state index in [0.717, 1.165) is 32.2 Å². The normalized spacial score (nSPS) is 15.4. The third kappa shape index (κ3) is 7.25. The second kappa shape index (κ2) is 14.2. The Morgan fingerprint density at radius 1 is 1.02 bits per heavy atom. The summed E-state index contributed by atoms with van der Waals surface area (Å²) < 4.78 is 55.8. The molecule has 3 aromatic carbocycles. The Labute approximate surface area is 274 Å². The van der Waals surface area contributed by atoms with Gasteiger partial charge in [0.25, 0.3) is 0 Å². The molecule has 0 aliphatic carbocycles. The van der Waals surface area contributed by atoms with Crippen LogP contribution in [0, 0.1) is 5.82 Å². The maximum absolute atomic E-state index is 13.5. The number of benzene rings is 3. The predicted molar refractivity (Wildman–Crippen MR) is 177 cm³/mol. The molecule has 1 N–H and O–H groups in total. The van der Waals surface area contributed by atoms with Gasteiger partial charge in [-0.1, -0.05) is 24.3 Å². The van der Waals surface area contributed by atoms with Crippen LogP contribution in [0.5, 0.6) is 5.75 Å². The average Bonchev–Trinajstić information content (AvgIpc) is 3.55. The van der Waals surface area contributed by atoms with Crippen LogP contribution in [0.15, 0.2) is 108 Å². The Kier molecular flexibility index (Phi) is 9.67. The molecule has 0 saturated carbocycles. The molecule has 12 heteroatoms. The van der Waals surface area contributed by atoms with E-state index in [9.17, 15) is 12.8 Å². The van der Waals surface area contributed by atoms with Crippen LogP contribution in [-0.4, -0.2) is 41.4 Å². The third-order valence-corrected chi connectivity index (χ3v) is 8.86. The quantitative estimate of drug-likeness (QED) is 0.0844. The maximum atomic E-state index is 13.5. The first kappa shape index (κ1) is 31.3. The zero-order chi connectivity index (χ0) is 31.9. The van der Waals surface area contributed by atoms with E-state index < -0.39 is 15.9 Å². The number of hydrogen-bond donors (Lipinski definition) is 1. The molecule has 0 fully saturated rings. The first-order valence-electron chi connectivity index (χ1n) is 14.4. The predicted octanol–water partition coefficient (Wildman–Crippen LogP) is 6.88. The number of nitrogens with one attached hydrogen (secondary N) is 1. The molecule has 1 aliphatic rings. The van der Waals surface area contributed by atoms with Gasteiger partial charge in [0.15, 0.2) is 0 Å². The van der Waals surface area contributed by atoms with Crippen LogP contribution in [0.1, 0.15) is 29.7 Å². The molecular weight excluding hydrogens is 675 g/mol. The Morgan fingerprint density at radius 3 is 2.70 bits per heavy atom. The molecule has 6 rings (SSSR count). The van der Waals surface area contributed by atoms with Crippen LogP contribution < -0.4 is 10.1 Å². The van der Waals surface area contributed by atoms with E-state index in [4.69, 9.17) is 14.2 Å². The standard InChI is InChI=1S/C34H28BrFN4O5S/c35-28-19-26(9-11-31(28)44-20-23-5-3-6-25(36)17-23)40-33-27-18-24(8-10-29(27)38-22-39-33)34(12-4-15-45-34)13-16-43-21-32(46(41)42)30-7-1-2-14-37-30/h1-11,14-15,17-19,22H,12-13,16,20-21H2,(H,38,39,40). The summed E-state index contributed by atoms with van der Waals surface area (Å²) in [7, 11) is -2.46. The minimum Gasteiger partial charge on any atom is -0.490 e. The topological polar surface area (TPSA) is 113 Å². The fourth-order valence-corrected chi connectivity index (χ4v) is 6.12. The van der Waals surface area contributed by atoms with Gasteiger partial charge in [0.2, 0.25) is 10.3 Å². The Hall–Kier alpha value is -4.65. The number of ether oxygens (including phenoxy) is 3. The molecule has 234 valence electrons. The summed E-state index contributed by atoms with van der Waals surface area (Å²) in [5, 5.41) is 4.18. The zero-order valence-electron chi connectivity index (χ0n) is 24.4. The fourth-order valence-electron chi connectivity index (χ4n) is 5.15. The van der Waals surface area contributed by atoms with Crippen molar-refractivity contribution in [2.24, 2.45) is 0 Å². The van der Waals surface area contributed by atoms with Crippen molar-refractivity contribution < 1.29 is 27.0 Å². The molecule has 0 saturated heterocycles. The van der Waals surface area contributed by atoms with E-state index in [-0.39, 0.29) is 30.5 Å². The van der Waals surface area contributed by atoms with Crippen LogP contribution in [0.25, 0.3) is 10.9 Å². The van der Waals surface area contributed by atoms with Crippen LogP contribution in [0.4, 0.5) is 15.9 Å². The summed E-state index contributed by atoms with van der Waals surface area (Å²) in [6.45, 7) is 0.389. The molecule has 0 bridgehead atoms. The summed E-state index contributed by atoms with van der Waals surface area (Å²) >= 11 is 3.58. The second-order valence-electron chi connectivity index (χ2n) is 10.5. The van der Waals surface area contributed by atoms with Gasteiger partial charge < -0.3 is 19.5 Å². The maximum Gasteiger partial charge on any atom is 0.221 e. The minimum atomic E-state index is -2.46. The Morgan fingerprint density at radius 2 is 1.93 bits per heavy atom. The van der Waals surface area contributed by atoms with E-state index >= 15 is 0 Å². The number of hydrogen-bond acceptors (Lipinski definition) is 9. The number of halogens is 2. The fraction of sp³-hybridized carbons (Fsp3) is 0.176. The largest absolute Gasteiger partial charge is 0.490 e. The molecule has 2 aromatic heterocycles. The molecule has 1 aliphatic heterocycles. The van der Waals surface area contributed by atoms with Crippen molar-refractivity contribution in [2.45, 2.75) is 25.0 Å². The first-order chi connectivity index (χ1) is 22.4. The molecule has 1 unspecified atom stereocenters. The van der Waals surface area contributed by atoms with Crippen molar-refractivity contribution in [3.05, 3.63) is 131 Å². The van der Waals surface area contributed by atoms with Crippen molar-refractivity contribution in [2.75, 3.05) is 18.5 Å². The van der Waals surface area contributed by atoms with Gasteiger partial charge >= 0.3 is 0 Å². The van der Waals surface area contributed by atoms with E-state index in [1.807, 2.05) is 48.5 Å². The van der Waals surface area contributed by atoms with E-state index in [1.165, 1.54) is 18.5 Å². The Bertz CT molecular complexity index is 2030. The van der Waals surface area contributed by atoms with Crippen LogP contribution in [-0.2, 0) is 32.0 Å². The van der Waals surface area contributed by atoms with Crippen LogP contribution in [0.3, 0.4) is 0 Å². The molecule has 3 heterocycles. The minimum absolute atomic E-state index is 0.0940. The second-order valence-corrected chi connectivity index (χ2v) is 12.3. The summed E-state index contributed by atoms with van der Waals surface area (Å²) in [5.41, 5.74) is 2.82. The molecule has 0 radical (unpaired) electrons. The van der Waals surface area contributed by atoms with E-state index in [0.29, 0.717) is 30.1 Å². The number of anilines is 2. The number of fused-ring (bicyclic) bond motifs is 1. The summed E-state index contributed by atoms with van der Waals surface area (Å²) in [6, 6.07) is 22.9. The van der Waals surface area contributed by atoms with E-state index in [1.54, 1.807) is 36.7 Å². The monoisotopic (exact) mass is 702 g/mol.